The van der Waals surface area contributed by atoms with Crippen LogP contribution in [0.5, 0.6) is 0 Å². The first-order valence-electron chi connectivity index (χ1n) is 4.97. The second kappa shape index (κ2) is 4.80. The Hall–Kier alpha value is -0.120. The van der Waals surface area contributed by atoms with Crippen LogP contribution in [0, 0.1) is 0 Å². The van der Waals surface area contributed by atoms with Gasteiger partial charge in [-0.05, 0) is 19.9 Å². The zero-order valence-corrected chi connectivity index (χ0v) is 8.29. The first kappa shape index (κ1) is 9.96. The third kappa shape index (κ3) is 2.73. The second-order valence-corrected chi connectivity index (χ2v) is 3.74. The van der Waals surface area contributed by atoms with Crippen molar-refractivity contribution in [3.63, 3.8) is 0 Å². The van der Waals surface area contributed by atoms with Gasteiger partial charge < -0.3 is 4.90 Å². The van der Waals surface area contributed by atoms with Crippen LogP contribution in [0.25, 0.3) is 0 Å². The monoisotopic (exact) mass is 171 g/mol. The first-order valence-corrected chi connectivity index (χ1v) is 4.97. The second-order valence-electron chi connectivity index (χ2n) is 3.74. The fourth-order valence-electron chi connectivity index (χ4n) is 1.63. The predicted molar refractivity (Wildman–Crippen MR) is 51.7 cm³/mol. The molecule has 3 nitrogen and oxygen atoms in total. The van der Waals surface area contributed by atoms with E-state index >= 15 is 0 Å². The van der Waals surface area contributed by atoms with E-state index in [2.05, 4.69) is 18.7 Å². The van der Waals surface area contributed by atoms with Gasteiger partial charge in [-0.3, -0.25) is 5.84 Å². The van der Waals surface area contributed by atoms with Crippen molar-refractivity contribution in [1.82, 2.24) is 9.91 Å². The van der Waals surface area contributed by atoms with Gasteiger partial charge in [-0.2, -0.15) is 0 Å². The zero-order chi connectivity index (χ0) is 8.97. The number of hydrogen-bond acceptors (Lipinski definition) is 3. The van der Waals surface area contributed by atoms with Crippen LogP contribution in [0.1, 0.15) is 26.7 Å². The van der Waals surface area contributed by atoms with Crippen LogP contribution < -0.4 is 5.84 Å². The van der Waals surface area contributed by atoms with Crippen LogP contribution in [0.2, 0.25) is 0 Å². The highest BCUT2D eigenvalue weighted by Gasteiger charge is 2.19. The normalized spacial score (nSPS) is 27.8. The molecule has 1 fully saturated rings. The summed E-state index contributed by atoms with van der Waals surface area (Å²) in [5, 5.41) is 1.95. The minimum absolute atomic E-state index is 0.524. The average molecular weight is 171 g/mol. The van der Waals surface area contributed by atoms with E-state index in [1.165, 1.54) is 19.4 Å². The number of unbranched alkanes of at least 4 members (excludes halogenated alkanes) is 1. The van der Waals surface area contributed by atoms with Crippen LogP contribution in [-0.4, -0.2) is 42.1 Å². The maximum absolute atomic E-state index is 5.78. The smallest absolute Gasteiger partial charge is 0.0340 e. The van der Waals surface area contributed by atoms with Crippen molar-refractivity contribution < 1.29 is 0 Å². The Balaban J connectivity index is 2.21. The molecule has 1 heterocycles. The SMILES string of the molecule is CCCCN1CCN(N)[C@@H](C)C1. The highest BCUT2D eigenvalue weighted by molar-refractivity contribution is 4.75. The maximum Gasteiger partial charge on any atom is 0.0340 e. The molecule has 0 radical (unpaired) electrons. The molecule has 0 aromatic rings. The van der Waals surface area contributed by atoms with Gasteiger partial charge in [-0.1, -0.05) is 13.3 Å². The molecule has 0 aliphatic carbocycles. The summed E-state index contributed by atoms with van der Waals surface area (Å²) in [6, 6.07) is 0.524. The summed E-state index contributed by atoms with van der Waals surface area (Å²) in [6.45, 7) is 8.97. The topological polar surface area (TPSA) is 32.5 Å². The minimum Gasteiger partial charge on any atom is -0.300 e. The molecule has 1 saturated heterocycles. The number of piperazine rings is 1. The van der Waals surface area contributed by atoms with Gasteiger partial charge >= 0.3 is 0 Å². The molecular formula is C9H21N3. The Bertz CT molecular complexity index is 125. The molecule has 1 aliphatic rings. The lowest BCUT2D eigenvalue weighted by Gasteiger charge is -2.37. The largest absolute Gasteiger partial charge is 0.300 e. The van der Waals surface area contributed by atoms with Crippen LogP contribution in [0.15, 0.2) is 0 Å². The Morgan fingerprint density at radius 2 is 2.17 bits per heavy atom. The predicted octanol–water partition coefficient (Wildman–Crippen LogP) is 0.666. The van der Waals surface area contributed by atoms with Crippen molar-refractivity contribution in [1.29, 1.82) is 0 Å². The van der Waals surface area contributed by atoms with E-state index in [1.807, 2.05) is 5.01 Å². The highest BCUT2D eigenvalue weighted by Crippen LogP contribution is 2.05. The number of hydrogen-bond donors (Lipinski definition) is 1. The average Bonchev–Trinajstić information content (AvgIpc) is 2.07. The van der Waals surface area contributed by atoms with E-state index in [4.69, 9.17) is 5.84 Å². The highest BCUT2D eigenvalue weighted by atomic mass is 15.5. The van der Waals surface area contributed by atoms with E-state index in [9.17, 15) is 0 Å². The molecule has 0 amide bonds. The van der Waals surface area contributed by atoms with Crippen LogP contribution >= 0.6 is 0 Å². The summed E-state index contributed by atoms with van der Waals surface area (Å²) in [5.41, 5.74) is 0. The Kier molecular flexibility index (Phi) is 3.98. The summed E-state index contributed by atoms with van der Waals surface area (Å²) in [5.74, 6) is 5.78. The third-order valence-corrected chi connectivity index (χ3v) is 2.59. The lowest BCUT2D eigenvalue weighted by Crippen LogP contribution is -2.54. The summed E-state index contributed by atoms with van der Waals surface area (Å²) in [4.78, 5) is 2.51. The molecule has 1 atom stereocenters. The van der Waals surface area contributed by atoms with E-state index < -0.39 is 0 Å². The van der Waals surface area contributed by atoms with Gasteiger partial charge in [0.2, 0.25) is 0 Å². The summed E-state index contributed by atoms with van der Waals surface area (Å²) < 4.78 is 0. The van der Waals surface area contributed by atoms with Gasteiger partial charge in [0.05, 0.1) is 0 Å². The van der Waals surface area contributed by atoms with Crippen molar-refractivity contribution in [3.05, 3.63) is 0 Å². The fourth-order valence-corrected chi connectivity index (χ4v) is 1.63. The summed E-state index contributed by atoms with van der Waals surface area (Å²) in [7, 11) is 0. The molecule has 0 aromatic heterocycles. The summed E-state index contributed by atoms with van der Waals surface area (Å²) in [6.07, 6.45) is 2.61. The van der Waals surface area contributed by atoms with Crippen molar-refractivity contribution in [3.8, 4) is 0 Å². The molecule has 0 saturated carbocycles. The lowest BCUT2D eigenvalue weighted by molar-refractivity contribution is 0.0832. The minimum atomic E-state index is 0.524. The number of nitrogens with zero attached hydrogens (tertiary/aromatic N) is 2. The van der Waals surface area contributed by atoms with Crippen molar-refractivity contribution in [2.24, 2.45) is 5.84 Å². The molecule has 0 spiro atoms. The molecule has 0 bridgehead atoms. The number of rotatable bonds is 3. The van der Waals surface area contributed by atoms with Gasteiger partial charge in [0.15, 0.2) is 0 Å². The molecule has 72 valence electrons. The van der Waals surface area contributed by atoms with Crippen molar-refractivity contribution in [2.75, 3.05) is 26.2 Å². The molecule has 12 heavy (non-hydrogen) atoms. The molecule has 2 N–H and O–H groups in total. The van der Waals surface area contributed by atoms with Gasteiger partial charge in [0, 0.05) is 25.7 Å². The number of hydrazine groups is 1. The van der Waals surface area contributed by atoms with Crippen molar-refractivity contribution in [2.45, 2.75) is 32.7 Å². The van der Waals surface area contributed by atoms with E-state index in [0.29, 0.717) is 6.04 Å². The lowest BCUT2D eigenvalue weighted by atomic mass is 10.2. The van der Waals surface area contributed by atoms with Crippen LogP contribution in [-0.2, 0) is 0 Å². The standard InChI is InChI=1S/C9H21N3/c1-3-4-5-11-6-7-12(10)9(2)8-11/h9H,3-8,10H2,1-2H3/t9-/m0/s1. The van der Waals surface area contributed by atoms with E-state index in [1.54, 1.807) is 0 Å². The summed E-state index contributed by atoms with van der Waals surface area (Å²) >= 11 is 0. The van der Waals surface area contributed by atoms with Crippen LogP contribution in [0.4, 0.5) is 0 Å². The Labute approximate surface area is 75.5 Å². The van der Waals surface area contributed by atoms with Gasteiger partial charge in [0.1, 0.15) is 0 Å². The van der Waals surface area contributed by atoms with Gasteiger partial charge in [0.25, 0.3) is 0 Å². The molecule has 0 aromatic carbocycles. The Morgan fingerprint density at radius 3 is 2.75 bits per heavy atom. The van der Waals surface area contributed by atoms with E-state index in [-0.39, 0.29) is 0 Å². The zero-order valence-electron chi connectivity index (χ0n) is 8.29. The quantitative estimate of drug-likeness (QED) is 0.633. The molecule has 1 aliphatic heterocycles. The Morgan fingerprint density at radius 1 is 1.42 bits per heavy atom. The molecule has 1 rings (SSSR count). The van der Waals surface area contributed by atoms with Gasteiger partial charge in [-0.25, -0.2) is 5.01 Å². The van der Waals surface area contributed by atoms with Crippen LogP contribution in [0.3, 0.4) is 0 Å². The molecule has 0 unspecified atom stereocenters. The number of nitrogens with two attached hydrogens (primary N) is 1. The molecular weight excluding hydrogens is 150 g/mol. The van der Waals surface area contributed by atoms with E-state index in [0.717, 1.165) is 19.6 Å². The molecule has 3 heteroatoms. The maximum atomic E-state index is 5.78. The fraction of sp³-hybridized carbons (Fsp3) is 1.00. The van der Waals surface area contributed by atoms with Gasteiger partial charge in [-0.15, -0.1) is 0 Å². The third-order valence-electron chi connectivity index (χ3n) is 2.59. The first-order chi connectivity index (χ1) is 5.74. The van der Waals surface area contributed by atoms with Crippen molar-refractivity contribution >= 4 is 0 Å².